The minimum absolute atomic E-state index is 0.115. The van der Waals surface area contributed by atoms with E-state index in [1.165, 1.54) is 0 Å². The van der Waals surface area contributed by atoms with Gasteiger partial charge < -0.3 is 20.2 Å². The van der Waals surface area contributed by atoms with Gasteiger partial charge in [0.2, 0.25) is 5.89 Å². The molecule has 1 aromatic heterocycles. The van der Waals surface area contributed by atoms with E-state index in [0.29, 0.717) is 11.7 Å². The summed E-state index contributed by atoms with van der Waals surface area (Å²) in [5.41, 5.74) is 0. The highest BCUT2D eigenvalue weighted by molar-refractivity contribution is 5.82. The molecule has 1 unspecified atom stereocenters. The lowest BCUT2D eigenvalue weighted by Crippen LogP contribution is -2.48. The van der Waals surface area contributed by atoms with Crippen molar-refractivity contribution in [1.82, 2.24) is 15.6 Å². The number of aliphatic carboxylic acids is 1. The SMILES string of the molecule is Cc1cnc(CNC(=O)NC(C(=O)O)C(C)C)o1. The number of nitrogens with one attached hydrogen (secondary N) is 2. The average Bonchev–Trinajstić information content (AvgIpc) is 2.68. The average molecular weight is 255 g/mol. The summed E-state index contributed by atoms with van der Waals surface area (Å²) in [6.45, 7) is 5.30. The number of carboxylic acid groups (broad SMARTS) is 1. The van der Waals surface area contributed by atoms with Crippen LogP contribution >= 0.6 is 0 Å². The Bertz CT molecular complexity index is 428. The first-order valence-electron chi connectivity index (χ1n) is 5.58. The van der Waals surface area contributed by atoms with Crippen LogP contribution in [0.5, 0.6) is 0 Å². The van der Waals surface area contributed by atoms with Crippen molar-refractivity contribution in [1.29, 1.82) is 0 Å². The van der Waals surface area contributed by atoms with Crippen LogP contribution in [-0.4, -0.2) is 28.1 Å². The number of hydrogen-bond donors (Lipinski definition) is 3. The molecule has 0 aliphatic carbocycles. The van der Waals surface area contributed by atoms with Crippen LogP contribution in [0.25, 0.3) is 0 Å². The van der Waals surface area contributed by atoms with Crippen molar-refractivity contribution < 1.29 is 19.1 Å². The van der Waals surface area contributed by atoms with Gasteiger partial charge in [-0.3, -0.25) is 0 Å². The third-order valence-electron chi connectivity index (χ3n) is 2.29. The zero-order chi connectivity index (χ0) is 13.7. The van der Waals surface area contributed by atoms with Gasteiger partial charge in [0.1, 0.15) is 11.8 Å². The summed E-state index contributed by atoms with van der Waals surface area (Å²) < 4.78 is 5.16. The van der Waals surface area contributed by atoms with Gasteiger partial charge >= 0.3 is 12.0 Å². The highest BCUT2D eigenvalue weighted by Gasteiger charge is 2.23. The zero-order valence-electron chi connectivity index (χ0n) is 10.6. The van der Waals surface area contributed by atoms with Crippen LogP contribution in [0.3, 0.4) is 0 Å². The number of amides is 2. The molecule has 1 rings (SSSR count). The molecule has 0 radical (unpaired) electrons. The molecule has 7 heteroatoms. The molecule has 100 valence electrons. The molecule has 0 saturated heterocycles. The minimum Gasteiger partial charge on any atom is -0.480 e. The van der Waals surface area contributed by atoms with Gasteiger partial charge in [0, 0.05) is 0 Å². The lowest BCUT2D eigenvalue weighted by atomic mass is 10.1. The van der Waals surface area contributed by atoms with Gasteiger partial charge in [-0.1, -0.05) is 13.8 Å². The lowest BCUT2D eigenvalue weighted by molar-refractivity contribution is -0.140. The Morgan fingerprint density at radius 3 is 2.61 bits per heavy atom. The first-order valence-corrected chi connectivity index (χ1v) is 5.58. The van der Waals surface area contributed by atoms with Crippen molar-refractivity contribution in [3.8, 4) is 0 Å². The fraction of sp³-hybridized carbons (Fsp3) is 0.545. The maximum absolute atomic E-state index is 11.5. The molecule has 18 heavy (non-hydrogen) atoms. The van der Waals surface area contributed by atoms with Crippen molar-refractivity contribution in [2.45, 2.75) is 33.4 Å². The number of carbonyl (C=O) groups is 2. The molecule has 0 aromatic carbocycles. The topological polar surface area (TPSA) is 104 Å². The summed E-state index contributed by atoms with van der Waals surface area (Å²) in [6.07, 6.45) is 1.54. The summed E-state index contributed by atoms with van der Waals surface area (Å²) in [7, 11) is 0. The van der Waals surface area contributed by atoms with Crippen LogP contribution in [0.4, 0.5) is 4.79 Å². The largest absolute Gasteiger partial charge is 0.480 e. The van der Waals surface area contributed by atoms with E-state index in [-0.39, 0.29) is 12.5 Å². The summed E-state index contributed by atoms with van der Waals surface area (Å²) in [5.74, 6) is -0.235. The van der Waals surface area contributed by atoms with Gasteiger partial charge in [-0.15, -0.1) is 0 Å². The molecule has 0 saturated carbocycles. The molecule has 1 aromatic rings. The fourth-order valence-corrected chi connectivity index (χ4v) is 1.34. The number of carbonyl (C=O) groups excluding carboxylic acids is 1. The van der Waals surface area contributed by atoms with Crippen molar-refractivity contribution in [3.63, 3.8) is 0 Å². The van der Waals surface area contributed by atoms with Gasteiger partial charge in [0.05, 0.1) is 12.7 Å². The van der Waals surface area contributed by atoms with Crippen molar-refractivity contribution >= 4 is 12.0 Å². The maximum atomic E-state index is 11.5. The third kappa shape index (κ3) is 4.08. The number of hydrogen-bond acceptors (Lipinski definition) is 4. The Kier molecular flexibility index (Phi) is 4.70. The van der Waals surface area contributed by atoms with E-state index in [0.717, 1.165) is 0 Å². The number of aryl methyl sites for hydroxylation is 1. The second-order valence-electron chi connectivity index (χ2n) is 4.25. The van der Waals surface area contributed by atoms with Crippen LogP contribution in [0, 0.1) is 12.8 Å². The molecule has 3 N–H and O–H groups in total. The third-order valence-corrected chi connectivity index (χ3v) is 2.29. The van der Waals surface area contributed by atoms with E-state index < -0.39 is 18.0 Å². The highest BCUT2D eigenvalue weighted by Crippen LogP contribution is 2.02. The second kappa shape index (κ2) is 6.04. The highest BCUT2D eigenvalue weighted by atomic mass is 16.4. The zero-order valence-corrected chi connectivity index (χ0v) is 10.6. The fourth-order valence-electron chi connectivity index (χ4n) is 1.34. The van der Waals surface area contributed by atoms with Crippen LogP contribution in [0.1, 0.15) is 25.5 Å². The Hall–Kier alpha value is -2.05. The number of nitrogens with zero attached hydrogens (tertiary/aromatic N) is 1. The molecule has 0 spiro atoms. The molecule has 2 amide bonds. The van der Waals surface area contributed by atoms with Crippen molar-refractivity contribution in [2.24, 2.45) is 5.92 Å². The summed E-state index contributed by atoms with van der Waals surface area (Å²) in [4.78, 5) is 26.3. The Labute approximate surface area is 105 Å². The molecule has 1 atom stereocenters. The molecular weight excluding hydrogens is 238 g/mol. The van der Waals surface area contributed by atoms with Crippen LogP contribution in [0.15, 0.2) is 10.6 Å². The summed E-state index contributed by atoms with van der Waals surface area (Å²) in [6, 6.07) is -1.48. The van der Waals surface area contributed by atoms with Crippen LogP contribution < -0.4 is 10.6 Å². The molecule has 0 aliphatic heterocycles. The summed E-state index contributed by atoms with van der Waals surface area (Å²) >= 11 is 0. The predicted octanol–water partition coefficient (Wildman–Crippen LogP) is 0.891. The van der Waals surface area contributed by atoms with E-state index in [4.69, 9.17) is 9.52 Å². The first kappa shape index (κ1) is 14.0. The van der Waals surface area contributed by atoms with Gasteiger partial charge in [0.25, 0.3) is 0 Å². The predicted molar refractivity (Wildman–Crippen MR) is 62.9 cm³/mol. The standard InChI is InChI=1S/C11H17N3O4/c1-6(2)9(10(15)16)14-11(17)13-5-8-12-4-7(3)18-8/h4,6,9H,5H2,1-3H3,(H,15,16)(H2,13,14,17). The molecule has 0 fully saturated rings. The number of rotatable bonds is 5. The van der Waals surface area contributed by atoms with Gasteiger partial charge in [-0.05, 0) is 12.8 Å². The Balaban J connectivity index is 2.43. The Morgan fingerprint density at radius 1 is 1.50 bits per heavy atom. The van der Waals surface area contributed by atoms with Crippen molar-refractivity contribution in [3.05, 3.63) is 17.8 Å². The monoisotopic (exact) mass is 255 g/mol. The van der Waals surface area contributed by atoms with Gasteiger partial charge in [-0.2, -0.15) is 0 Å². The van der Waals surface area contributed by atoms with Crippen LogP contribution in [-0.2, 0) is 11.3 Å². The normalized spacial score (nSPS) is 12.2. The molecule has 1 heterocycles. The van der Waals surface area contributed by atoms with Gasteiger partial charge in [-0.25, -0.2) is 14.6 Å². The van der Waals surface area contributed by atoms with E-state index in [9.17, 15) is 9.59 Å². The molecule has 0 aliphatic rings. The molecule has 0 bridgehead atoms. The van der Waals surface area contributed by atoms with E-state index in [1.807, 2.05) is 0 Å². The molecular formula is C11H17N3O4. The smallest absolute Gasteiger partial charge is 0.326 e. The lowest BCUT2D eigenvalue weighted by Gasteiger charge is -2.17. The number of aromatic nitrogens is 1. The van der Waals surface area contributed by atoms with Crippen molar-refractivity contribution in [2.75, 3.05) is 0 Å². The van der Waals surface area contributed by atoms with Crippen LogP contribution in [0.2, 0.25) is 0 Å². The van der Waals surface area contributed by atoms with E-state index in [1.54, 1.807) is 27.0 Å². The number of urea groups is 1. The molecule has 7 nitrogen and oxygen atoms in total. The summed E-state index contributed by atoms with van der Waals surface area (Å²) in [5, 5.41) is 13.8. The first-order chi connectivity index (χ1) is 8.40. The minimum atomic E-state index is -1.06. The maximum Gasteiger partial charge on any atom is 0.326 e. The quantitative estimate of drug-likeness (QED) is 0.724. The van der Waals surface area contributed by atoms with E-state index in [2.05, 4.69) is 15.6 Å². The second-order valence-corrected chi connectivity index (χ2v) is 4.25. The number of carboxylic acids is 1. The number of oxazole rings is 1. The Morgan fingerprint density at radius 2 is 2.17 bits per heavy atom. The van der Waals surface area contributed by atoms with Gasteiger partial charge in [0.15, 0.2) is 0 Å². The van der Waals surface area contributed by atoms with E-state index >= 15 is 0 Å².